The van der Waals surface area contributed by atoms with Gasteiger partial charge < -0.3 is 20.4 Å². The summed E-state index contributed by atoms with van der Waals surface area (Å²) in [6, 6.07) is 0. The summed E-state index contributed by atoms with van der Waals surface area (Å²) in [6.45, 7) is 18.1. The molecule has 8 nitrogen and oxygen atoms in total. The van der Waals surface area contributed by atoms with Gasteiger partial charge in [0.15, 0.2) is 23.1 Å². The second-order valence-corrected chi connectivity index (χ2v) is 7.07. The number of ketones is 4. The molecule has 0 bridgehead atoms. The molecule has 0 aromatic rings. The molecule has 0 aliphatic heterocycles. The van der Waals surface area contributed by atoms with Crippen LogP contribution in [0.2, 0.25) is 0 Å². The van der Waals surface area contributed by atoms with Gasteiger partial charge in [0.25, 0.3) is 0 Å². The van der Waals surface area contributed by atoms with E-state index in [-0.39, 0.29) is 72.4 Å². The van der Waals surface area contributed by atoms with Gasteiger partial charge in [0.1, 0.15) is 0 Å². The van der Waals surface area contributed by atoms with Gasteiger partial charge in [-0.05, 0) is 83.1 Å². The standard InChI is InChI=1S/4C6H10O2.Zr/c4*1-4(5(2)7)6(3)8;/h4*7H,1-3H3;. The van der Waals surface area contributed by atoms with Crippen LogP contribution in [0.1, 0.15) is 83.1 Å². The summed E-state index contributed by atoms with van der Waals surface area (Å²) in [5, 5.41) is 34.6. The van der Waals surface area contributed by atoms with Crippen LogP contribution in [0.3, 0.4) is 0 Å². The molecular weight excluding hydrogens is 507 g/mol. The first kappa shape index (κ1) is 41.0. The Bertz CT molecular complexity index is 660. The van der Waals surface area contributed by atoms with Crippen molar-refractivity contribution < 1.29 is 65.8 Å². The fraction of sp³-hybridized carbons (Fsp3) is 0.500. The first-order valence-corrected chi connectivity index (χ1v) is 9.71. The molecule has 0 unspecified atom stereocenters. The molecule has 0 spiro atoms. The molecule has 9 heteroatoms. The van der Waals surface area contributed by atoms with E-state index >= 15 is 0 Å². The summed E-state index contributed by atoms with van der Waals surface area (Å²) < 4.78 is 0. The topological polar surface area (TPSA) is 149 Å². The molecule has 4 N–H and O–H groups in total. The molecule has 0 saturated carbocycles. The van der Waals surface area contributed by atoms with Crippen LogP contribution in [0.5, 0.6) is 0 Å². The number of rotatable bonds is 4. The Hall–Kier alpha value is -2.28. The number of hydrogen-bond donors (Lipinski definition) is 4. The third kappa shape index (κ3) is 25.9. The number of carbonyl (C=O) groups is 4. The van der Waals surface area contributed by atoms with Crippen molar-refractivity contribution >= 4 is 23.1 Å². The van der Waals surface area contributed by atoms with Gasteiger partial charge in [-0.1, -0.05) is 0 Å². The number of carbonyl (C=O) groups excluding carboxylic acids is 4. The van der Waals surface area contributed by atoms with E-state index in [0.717, 1.165) is 0 Å². The van der Waals surface area contributed by atoms with Crippen molar-refractivity contribution in [3.05, 3.63) is 45.3 Å². The average molecular weight is 548 g/mol. The molecule has 0 heterocycles. The Morgan fingerprint density at radius 1 is 0.333 bits per heavy atom. The monoisotopic (exact) mass is 546 g/mol. The molecule has 0 aromatic carbocycles. The van der Waals surface area contributed by atoms with Crippen LogP contribution in [0.4, 0.5) is 0 Å². The predicted octanol–water partition coefficient (Wildman–Crippen LogP) is 5.71. The average Bonchev–Trinajstić information content (AvgIpc) is 2.65. The minimum Gasteiger partial charge on any atom is -0.512 e. The number of aliphatic hydroxyl groups excluding tert-OH is 4. The van der Waals surface area contributed by atoms with Gasteiger partial charge in [0.2, 0.25) is 0 Å². The van der Waals surface area contributed by atoms with Crippen molar-refractivity contribution in [3.63, 3.8) is 0 Å². The van der Waals surface area contributed by atoms with Gasteiger partial charge in [-0.2, -0.15) is 0 Å². The van der Waals surface area contributed by atoms with Gasteiger partial charge in [-0.15, -0.1) is 0 Å². The largest absolute Gasteiger partial charge is 0.512 e. The van der Waals surface area contributed by atoms with Crippen LogP contribution in [0.15, 0.2) is 45.3 Å². The van der Waals surface area contributed by atoms with E-state index in [1.165, 1.54) is 55.4 Å². The summed E-state index contributed by atoms with van der Waals surface area (Å²) >= 11 is 0. The van der Waals surface area contributed by atoms with Crippen molar-refractivity contribution in [2.24, 2.45) is 0 Å². The second-order valence-electron chi connectivity index (χ2n) is 7.07. The van der Waals surface area contributed by atoms with Gasteiger partial charge in [-0.25, -0.2) is 0 Å². The minimum atomic E-state index is -0.0787. The first-order chi connectivity index (χ1) is 14.2. The summed E-state index contributed by atoms with van der Waals surface area (Å²) in [7, 11) is 0. The van der Waals surface area contributed by atoms with E-state index in [9.17, 15) is 19.2 Å². The van der Waals surface area contributed by atoms with Crippen LogP contribution in [-0.2, 0) is 45.4 Å². The van der Waals surface area contributed by atoms with E-state index in [1.54, 1.807) is 27.7 Å². The number of Topliss-reactive ketones (excluding diaryl/α,β-unsaturated/α-hetero) is 4. The maximum atomic E-state index is 10.4. The number of hydrogen-bond acceptors (Lipinski definition) is 8. The van der Waals surface area contributed by atoms with E-state index in [2.05, 4.69) is 0 Å². The third-order valence-electron chi connectivity index (χ3n) is 4.28. The molecule has 0 aliphatic rings. The molecule has 188 valence electrons. The van der Waals surface area contributed by atoms with Gasteiger partial charge in [0, 0.05) is 48.5 Å². The normalized spacial score (nSPS) is 12.5. The van der Waals surface area contributed by atoms with Crippen molar-refractivity contribution in [2.75, 3.05) is 0 Å². The van der Waals surface area contributed by atoms with Crippen molar-refractivity contribution in [3.8, 4) is 0 Å². The fourth-order valence-corrected chi connectivity index (χ4v) is 1.02. The molecule has 0 rings (SSSR count). The van der Waals surface area contributed by atoms with E-state index in [4.69, 9.17) is 20.4 Å². The van der Waals surface area contributed by atoms with Crippen LogP contribution in [-0.4, -0.2) is 43.6 Å². The van der Waals surface area contributed by atoms with E-state index in [1.807, 2.05) is 0 Å². The molecule has 0 fully saturated rings. The Morgan fingerprint density at radius 2 is 0.424 bits per heavy atom. The predicted molar refractivity (Wildman–Crippen MR) is 127 cm³/mol. The Labute approximate surface area is 216 Å². The number of aliphatic hydroxyl groups is 4. The van der Waals surface area contributed by atoms with Crippen LogP contribution < -0.4 is 0 Å². The quantitative estimate of drug-likeness (QED) is 0.258. The van der Waals surface area contributed by atoms with Crippen LogP contribution >= 0.6 is 0 Å². The van der Waals surface area contributed by atoms with Gasteiger partial charge in [0.05, 0.1) is 23.0 Å². The zero-order valence-electron chi connectivity index (χ0n) is 21.9. The SMILES string of the molecule is CC(=O)C(C)=C(C)O.CC(=O)C(C)=C(C)O.CC(=O)C(C)=C(C)O.CC(=O)C(C)=C(C)O.[Zr]. The molecule has 0 amide bonds. The van der Waals surface area contributed by atoms with E-state index in [0.29, 0.717) is 22.3 Å². The molecule has 0 saturated heterocycles. The van der Waals surface area contributed by atoms with Crippen LogP contribution in [0.25, 0.3) is 0 Å². The van der Waals surface area contributed by atoms with E-state index < -0.39 is 0 Å². The van der Waals surface area contributed by atoms with Crippen molar-refractivity contribution in [1.82, 2.24) is 0 Å². The zero-order valence-corrected chi connectivity index (χ0v) is 24.4. The van der Waals surface area contributed by atoms with Gasteiger partial charge >= 0.3 is 0 Å². The maximum absolute atomic E-state index is 10.4. The Morgan fingerprint density at radius 3 is 0.424 bits per heavy atom. The smallest absolute Gasteiger partial charge is 0.158 e. The van der Waals surface area contributed by atoms with Gasteiger partial charge in [-0.3, -0.25) is 19.2 Å². The third-order valence-corrected chi connectivity index (χ3v) is 4.28. The van der Waals surface area contributed by atoms with Crippen molar-refractivity contribution in [2.45, 2.75) is 83.1 Å². The molecule has 0 aromatic heterocycles. The second kappa shape index (κ2) is 21.6. The minimum absolute atomic E-state index is 0. The Kier molecular flexibility index (Phi) is 26.8. The summed E-state index contributed by atoms with van der Waals surface area (Å²) in [5.41, 5.74) is 1.74. The Balaban J connectivity index is -0.000000105. The number of allylic oxidation sites excluding steroid dienone is 8. The zero-order chi connectivity index (χ0) is 26.9. The van der Waals surface area contributed by atoms with Crippen LogP contribution in [0, 0.1) is 0 Å². The summed E-state index contributed by atoms with van der Waals surface area (Å²) in [6.07, 6.45) is 0. The molecule has 0 radical (unpaired) electrons. The maximum Gasteiger partial charge on any atom is 0.158 e. The molecule has 0 atom stereocenters. The molecular formula is C24H40O8Zr. The molecule has 0 aliphatic carbocycles. The summed E-state index contributed by atoms with van der Waals surface area (Å²) in [5.74, 6) is 0.120. The molecule has 33 heavy (non-hydrogen) atoms. The van der Waals surface area contributed by atoms with Crippen molar-refractivity contribution in [1.29, 1.82) is 0 Å². The summed E-state index contributed by atoms with van der Waals surface area (Å²) in [4.78, 5) is 41.5. The first-order valence-electron chi connectivity index (χ1n) is 9.71. The fourth-order valence-electron chi connectivity index (χ4n) is 1.02.